The summed E-state index contributed by atoms with van der Waals surface area (Å²) >= 11 is 0. The fraction of sp³-hybridized carbons (Fsp3) is 0.846. The molecule has 5 nitrogen and oxygen atoms in total. The number of amides is 1. The lowest BCUT2D eigenvalue weighted by Crippen LogP contribution is -2.35. The molecule has 0 saturated carbocycles. The molecule has 0 aromatic carbocycles. The highest BCUT2D eigenvalue weighted by Gasteiger charge is 2.29. The van der Waals surface area contributed by atoms with Gasteiger partial charge in [-0.25, -0.2) is 0 Å². The molecular formula is C13H26N2O3. The molecule has 5 heteroatoms. The Morgan fingerprint density at radius 1 is 1.33 bits per heavy atom. The second kappa shape index (κ2) is 7.36. The highest BCUT2D eigenvalue weighted by atomic mass is 16.4. The van der Waals surface area contributed by atoms with E-state index in [2.05, 4.69) is 24.1 Å². The number of carbonyl (C=O) groups is 2. The average Bonchev–Trinajstić information content (AvgIpc) is 2.22. The number of aliphatic carboxylic acids is 1. The number of hydrogen-bond donors (Lipinski definition) is 2. The largest absolute Gasteiger partial charge is 0.481 e. The second-order valence-corrected chi connectivity index (χ2v) is 5.64. The minimum Gasteiger partial charge on any atom is -0.481 e. The van der Waals surface area contributed by atoms with Gasteiger partial charge in [-0.15, -0.1) is 0 Å². The van der Waals surface area contributed by atoms with Crippen LogP contribution in [0, 0.1) is 5.41 Å². The van der Waals surface area contributed by atoms with E-state index in [1.165, 1.54) is 0 Å². The van der Waals surface area contributed by atoms with Crippen LogP contribution < -0.4 is 5.32 Å². The standard InChI is InChI=1S/C13H26N2O3/c1-10(2)15(5)8-6-7-14-11(16)9-13(3,4)12(17)18/h10H,6-9H2,1-5H3,(H,14,16)(H,17,18). The summed E-state index contributed by atoms with van der Waals surface area (Å²) in [5, 5.41) is 11.7. The van der Waals surface area contributed by atoms with Crippen molar-refractivity contribution >= 4 is 11.9 Å². The number of nitrogens with zero attached hydrogens (tertiary/aromatic N) is 1. The van der Waals surface area contributed by atoms with Crippen LogP contribution in [-0.4, -0.2) is 48.1 Å². The van der Waals surface area contributed by atoms with Crippen LogP contribution in [0.5, 0.6) is 0 Å². The average molecular weight is 258 g/mol. The van der Waals surface area contributed by atoms with E-state index < -0.39 is 11.4 Å². The van der Waals surface area contributed by atoms with Gasteiger partial charge >= 0.3 is 5.97 Å². The highest BCUT2D eigenvalue weighted by molar-refractivity contribution is 5.84. The normalized spacial score (nSPS) is 11.9. The van der Waals surface area contributed by atoms with Crippen molar-refractivity contribution in [2.24, 2.45) is 5.41 Å². The van der Waals surface area contributed by atoms with Crippen molar-refractivity contribution in [1.29, 1.82) is 0 Å². The predicted octanol–water partition coefficient (Wildman–Crippen LogP) is 1.33. The maximum absolute atomic E-state index is 11.6. The molecule has 1 amide bonds. The summed E-state index contributed by atoms with van der Waals surface area (Å²) in [7, 11) is 2.04. The van der Waals surface area contributed by atoms with Crippen molar-refractivity contribution < 1.29 is 14.7 Å². The van der Waals surface area contributed by atoms with Gasteiger partial charge in [0.05, 0.1) is 5.41 Å². The number of carboxylic acid groups (broad SMARTS) is 1. The van der Waals surface area contributed by atoms with E-state index in [1.807, 2.05) is 7.05 Å². The zero-order valence-electron chi connectivity index (χ0n) is 12.1. The lowest BCUT2D eigenvalue weighted by molar-refractivity contribution is -0.149. The van der Waals surface area contributed by atoms with Crippen molar-refractivity contribution in [3.8, 4) is 0 Å². The van der Waals surface area contributed by atoms with Gasteiger partial charge in [0.1, 0.15) is 0 Å². The van der Waals surface area contributed by atoms with E-state index in [4.69, 9.17) is 5.11 Å². The molecule has 0 bridgehead atoms. The molecule has 18 heavy (non-hydrogen) atoms. The monoisotopic (exact) mass is 258 g/mol. The third kappa shape index (κ3) is 6.59. The molecule has 0 atom stereocenters. The quantitative estimate of drug-likeness (QED) is 0.644. The van der Waals surface area contributed by atoms with Gasteiger partial charge in [0.25, 0.3) is 0 Å². The van der Waals surface area contributed by atoms with E-state index in [-0.39, 0.29) is 12.3 Å². The molecule has 0 spiro atoms. The first-order chi connectivity index (χ1) is 8.16. The van der Waals surface area contributed by atoms with Crippen LogP contribution in [0.4, 0.5) is 0 Å². The van der Waals surface area contributed by atoms with E-state index in [1.54, 1.807) is 13.8 Å². The smallest absolute Gasteiger partial charge is 0.309 e. The Labute approximate surface area is 110 Å². The Morgan fingerprint density at radius 3 is 2.33 bits per heavy atom. The summed E-state index contributed by atoms with van der Waals surface area (Å²) in [5.74, 6) is -1.15. The van der Waals surface area contributed by atoms with E-state index in [0.717, 1.165) is 13.0 Å². The van der Waals surface area contributed by atoms with Gasteiger partial charge in [0, 0.05) is 19.0 Å². The molecule has 0 aromatic rings. The molecule has 106 valence electrons. The molecular weight excluding hydrogens is 232 g/mol. The summed E-state index contributed by atoms with van der Waals surface area (Å²) in [5.41, 5.74) is -1.00. The molecule has 0 aliphatic carbocycles. The second-order valence-electron chi connectivity index (χ2n) is 5.64. The topological polar surface area (TPSA) is 69.6 Å². The van der Waals surface area contributed by atoms with Crippen LogP contribution in [0.1, 0.15) is 40.5 Å². The van der Waals surface area contributed by atoms with Crippen molar-refractivity contribution in [1.82, 2.24) is 10.2 Å². The summed E-state index contributed by atoms with van der Waals surface area (Å²) in [6.07, 6.45) is 0.885. The van der Waals surface area contributed by atoms with Crippen LogP contribution in [0.15, 0.2) is 0 Å². The summed E-state index contributed by atoms with van der Waals surface area (Å²) in [6, 6.07) is 0.492. The molecule has 2 N–H and O–H groups in total. The van der Waals surface area contributed by atoms with Crippen LogP contribution in [0.25, 0.3) is 0 Å². The number of carboxylic acids is 1. The minimum absolute atomic E-state index is 0.0162. The fourth-order valence-corrected chi connectivity index (χ4v) is 1.35. The Kier molecular flexibility index (Phi) is 6.91. The molecule has 0 rings (SSSR count). The highest BCUT2D eigenvalue weighted by Crippen LogP contribution is 2.19. The molecule has 0 aromatic heterocycles. The lowest BCUT2D eigenvalue weighted by atomic mass is 9.89. The van der Waals surface area contributed by atoms with Gasteiger partial charge in [-0.1, -0.05) is 0 Å². The lowest BCUT2D eigenvalue weighted by Gasteiger charge is -2.21. The van der Waals surface area contributed by atoms with Gasteiger partial charge in [-0.2, -0.15) is 0 Å². The molecule has 0 radical (unpaired) electrons. The van der Waals surface area contributed by atoms with Crippen molar-refractivity contribution in [3.05, 3.63) is 0 Å². The number of nitrogens with one attached hydrogen (secondary N) is 1. The van der Waals surface area contributed by atoms with Crippen molar-refractivity contribution in [3.63, 3.8) is 0 Å². The number of carbonyl (C=O) groups excluding carboxylic acids is 1. The SMILES string of the molecule is CC(C)N(C)CCCNC(=O)CC(C)(C)C(=O)O. The van der Waals surface area contributed by atoms with Gasteiger partial charge in [-0.3, -0.25) is 9.59 Å². The summed E-state index contributed by atoms with van der Waals surface area (Å²) in [6.45, 7) is 8.86. The first kappa shape index (κ1) is 16.9. The van der Waals surface area contributed by atoms with Crippen LogP contribution in [-0.2, 0) is 9.59 Å². The Balaban J connectivity index is 3.82. The maximum atomic E-state index is 11.6. The zero-order chi connectivity index (χ0) is 14.3. The number of hydrogen-bond acceptors (Lipinski definition) is 3. The van der Waals surface area contributed by atoms with E-state index in [9.17, 15) is 9.59 Å². The number of rotatable bonds is 8. The van der Waals surface area contributed by atoms with E-state index >= 15 is 0 Å². The Hall–Kier alpha value is -1.10. The first-order valence-corrected chi connectivity index (χ1v) is 6.37. The van der Waals surface area contributed by atoms with Crippen molar-refractivity contribution in [2.75, 3.05) is 20.1 Å². The first-order valence-electron chi connectivity index (χ1n) is 6.37. The molecule has 0 unspecified atom stereocenters. The molecule has 0 fully saturated rings. The Morgan fingerprint density at radius 2 is 1.89 bits per heavy atom. The van der Waals surface area contributed by atoms with Gasteiger partial charge in [-0.05, 0) is 47.7 Å². The third-order valence-corrected chi connectivity index (χ3v) is 3.07. The molecule has 0 saturated heterocycles. The van der Waals surface area contributed by atoms with Gasteiger partial charge < -0.3 is 15.3 Å². The molecule has 0 aliphatic rings. The Bertz CT molecular complexity index is 288. The third-order valence-electron chi connectivity index (χ3n) is 3.07. The van der Waals surface area contributed by atoms with Gasteiger partial charge in [0.15, 0.2) is 0 Å². The maximum Gasteiger partial charge on any atom is 0.309 e. The van der Waals surface area contributed by atoms with E-state index in [0.29, 0.717) is 12.6 Å². The van der Waals surface area contributed by atoms with Crippen molar-refractivity contribution in [2.45, 2.75) is 46.6 Å². The van der Waals surface area contributed by atoms with Crippen LogP contribution in [0.2, 0.25) is 0 Å². The predicted molar refractivity (Wildman–Crippen MR) is 71.4 cm³/mol. The summed E-state index contributed by atoms with van der Waals surface area (Å²) in [4.78, 5) is 24.6. The zero-order valence-corrected chi connectivity index (χ0v) is 12.1. The fourth-order valence-electron chi connectivity index (χ4n) is 1.35. The minimum atomic E-state index is -1.00. The summed E-state index contributed by atoms with van der Waals surface area (Å²) < 4.78 is 0. The molecule has 0 heterocycles. The van der Waals surface area contributed by atoms with Crippen LogP contribution >= 0.6 is 0 Å². The van der Waals surface area contributed by atoms with Gasteiger partial charge in [0.2, 0.25) is 5.91 Å². The molecule has 0 aliphatic heterocycles. The van der Waals surface area contributed by atoms with Crippen LogP contribution in [0.3, 0.4) is 0 Å².